The highest BCUT2D eigenvalue weighted by Gasteiger charge is 2.71. The summed E-state index contributed by atoms with van der Waals surface area (Å²) in [5, 5.41) is 1.62. The van der Waals surface area contributed by atoms with Gasteiger partial charge in [0, 0.05) is 12.5 Å². The average molecular weight is 397 g/mol. The highest BCUT2D eigenvalue weighted by Crippen LogP contribution is 2.46. The molecule has 2 N–H and O–H groups in total. The summed E-state index contributed by atoms with van der Waals surface area (Å²) in [5.41, 5.74) is -0.592. The number of halogens is 1. The highest BCUT2D eigenvalue weighted by atomic mass is 19.1. The summed E-state index contributed by atoms with van der Waals surface area (Å²) >= 11 is 0. The molecule has 2 aliphatic rings. The molecule has 2 amide bonds. The standard InChI is InChI=1S/C22H21FN2O4/c1-3-29-21(28)22(2)17-16(18(24-22)14-11-7-8-12-15(14)23)19(26)25(20(17)27)13-9-5-4-6-10-13/h4-12,16-18,24H,3H2,1-2H3/p+1/t16-,17+,18-,22-/m0/s1. The minimum atomic E-state index is -1.33. The third-order valence-electron chi connectivity index (χ3n) is 5.90. The van der Waals surface area contributed by atoms with Gasteiger partial charge in [0.25, 0.3) is 0 Å². The Labute approximate surface area is 167 Å². The maximum absolute atomic E-state index is 14.6. The number of rotatable bonds is 4. The Hall–Kier alpha value is -3.06. The van der Waals surface area contributed by atoms with Gasteiger partial charge < -0.3 is 10.1 Å². The van der Waals surface area contributed by atoms with Gasteiger partial charge in [-0.1, -0.05) is 36.4 Å². The fourth-order valence-electron chi connectivity index (χ4n) is 4.61. The van der Waals surface area contributed by atoms with E-state index in [-0.39, 0.29) is 6.61 Å². The normalized spacial score (nSPS) is 28.5. The molecule has 0 bridgehead atoms. The zero-order chi connectivity index (χ0) is 20.8. The summed E-state index contributed by atoms with van der Waals surface area (Å²) in [5.74, 6) is -3.75. The van der Waals surface area contributed by atoms with Gasteiger partial charge in [0.05, 0.1) is 12.3 Å². The first kappa shape index (κ1) is 19.3. The Morgan fingerprint density at radius 3 is 2.41 bits per heavy atom. The number of hydrogen-bond acceptors (Lipinski definition) is 4. The summed E-state index contributed by atoms with van der Waals surface area (Å²) in [6, 6.07) is 14.0. The van der Waals surface area contributed by atoms with Crippen LogP contribution in [0.5, 0.6) is 0 Å². The SMILES string of the molecule is CCOC(=O)[C@@]1(C)[NH2+][C@@H](c2ccccc2F)[C@H]2C(=O)N(c3ccccc3)C(=O)[C@@H]21. The molecule has 2 aromatic rings. The average Bonchev–Trinajstić information content (AvgIpc) is 3.17. The molecule has 0 spiro atoms. The molecular weight excluding hydrogens is 375 g/mol. The minimum absolute atomic E-state index is 0.147. The van der Waals surface area contributed by atoms with E-state index in [0.29, 0.717) is 11.3 Å². The van der Waals surface area contributed by atoms with Gasteiger partial charge in [-0.15, -0.1) is 0 Å². The Bertz CT molecular complexity index is 980. The van der Waals surface area contributed by atoms with Crippen molar-refractivity contribution in [3.8, 4) is 0 Å². The molecule has 7 heteroatoms. The van der Waals surface area contributed by atoms with Crippen LogP contribution in [0.3, 0.4) is 0 Å². The van der Waals surface area contributed by atoms with E-state index in [1.165, 1.54) is 6.07 Å². The van der Waals surface area contributed by atoms with Gasteiger partial charge in [0.15, 0.2) is 0 Å². The van der Waals surface area contributed by atoms with Crippen LogP contribution < -0.4 is 10.2 Å². The fraction of sp³-hybridized carbons (Fsp3) is 0.318. The van der Waals surface area contributed by atoms with Crippen molar-refractivity contribution in [1.82, 2.24) is 0 Å². The van der Waals surface area contributed by atoms with Crippen LogP contribution in [0.1, 0.15) is 25.5 Å². The quantitative estimate of drug-likeness (QED) is 0.627. The van der Waals surface area contributed by atoms with Gasteiger partial charge in [0.2, 0.25) is 17.4 Å². The predicted molar refractivity (Wildman–Crippen MR) is 102 cm³/mol. The molecule has 2 aromatic carbocycles. The molecule has 0 unspecified atom stereocenters. The van der Waals surface area contributed by atoms with Crippen LogP contribution in [0.2, 0.25) is 0 Å². The van der Waals surface area contributed by atoms with E-state index in [4.69, 9.17) is 4.74 Å². The Morgan fingerprint density at radius 1 is 1.10 bits per heavy atom. The second-order valence-electron chi connectivity index (χ2n) is 7.57. The van der Waals surface area contributed by atoms with Crippen molar-refractivity contribution in [2.45, 2.75) is 25.4 Å². The second kappa shape index (κ2) is 7.08. The number of nitrogens with two attached hydrogens (primary N) is 1. The van der Waals surface area contributed by atoms with Gasteiger partial charge in [-0.05, 0) is 25.1 Å². The lowest BCUT2D eigenvalue weighted by Gasteiger charge is -2.26. The summed E-state index contributed by atoms with van der Waals surface area (Å²) in [4.78, 5) is 40.7. The van der Waals surface area contributed by atoms with Crippen LogP contribution in [0.25, 0.3) is 0 Å². The van der Waals surface area contributed by atoms with Crippen LogP contribution in [0.4, 0.5) is 10.1 Å². The Kier molecular flexibility index (Phi) is 4.70. The van der Waals surface area contributed by atoms with E-state index in [1.54, 1.807) is 67.7 Å². The molecule has 0 aromatic heterocycles. The molecule has 2 fully saturated rings. The van der Waals surface area contributed by atoms with Crippen molar-refractivity contribution in [3.63, 3.8) is 0 Å². The van der Waals surface area contributed by atoms with Crippen molar-refractivity contribution in [2.75, 3.05) is 11.5 Å². The number of hydrogen-bond donors (Lipinski definition) is 1. The molecule has 0 saturated carbocycles. The first-order valence-corrected chi connectivity index (χ1v) is 9.60. The van der Waals surface area contributed by atoms with Crippen molar-refractivity contribution < 1.29 is 28.8 Å². The van der Waals surface area contributed by atoms with Crippen LogP contribution in [-0.2, 0) is 19.1 Å². The number of anilines is 1. The number of esters is 1. The lowest BCUT2D eigenvalue weighted by atomic mass is 9.80. The summed E-state index contributed by atoms with van der Waals surface area (Å²) in [6.45, 7) is 3.43. The highest BCUT2D eigenvalue weighted by molar-refractivity contribution is 6.23. The number of para-hydroxylation sites is 1. The van der Waals surface area contributed by atoms with Crippen molar-refractivity contribution in [2.24, 2.45) is 11.8 Å². The molecule has 29 heavy (non-hydrogen) atoms. The maximum Gasteiger partial charge on any atom is 0.368 e. The zero-order valence-corrected chi connectivity index (χ0v) is 16.2. The number of benzene rings is 2. The van der Waals surface area contributed by atoms with E-state index in [9.17, 15) is 18.8 Å². The van der Waals surface area contributed by atoms with Crippen molar-refractivity contribution in [1.29, 1.82) is 0 Å². The summed E-state index contributed by atoms with van der Waals surface area (Å²) in [7, 11) is 0. The van der Waals surface area contributed by atoms with Gasteiger partial charge in [-0.2, -0.15) is 0 Å². The van der Waals surface area contributed by atoms with Gasteiger partial charge in [-0.25, -0.2) is 14.1 Å². The van der Waals surface area contributed by atoms with Crippen LogP contribution >= 0.6 is 0 Å². The van der Waals surface area contributed by atoms with E-state index in [2.05, 4.69) is 0 Å². The van der Waals surface area contributed by atoms with Crippen LogP contribution in [0.15, 0.2) is 54.6 Å². The molecule has 4 atom stereocenters. The largest absolute Gasteiger partial charge is 0.461 e. The van der Waals surface area contributed by atoms with E-state index in [0.717, 1.165) is 4.90 Å². The molecular formula is C22H22FN2O4+. The fourth-order valence-corrected chi connectivity index (χ4v) is 4.61. The monoisotopic (exact) mass is 397 g/mol. The number of amides is 2. The second-order valence-corrected chi connectivity index (χ2v) is 7.57. The molecule has 2 aliphatic heterocycles. The molecule has 4 rings (SSSR count). The number of nitrogens with zero attached hydrogens (tertiary/aromatic N) is 1. The minimum Gasteiger partial charge on any atom is -0.461 e. The summed E-state index contributed by atoms with van der Waals surface area (Å²) in [6.07, 6.45) is 0. The Balaban J connectivity index is 1.84. The summed E-state index contributed by atoms with van der Waals surface area (Å²) < 4.78 is 19.8. The number of imide groups is 1. The smallest absolute Gasteiger partial charge is 0.368 e. The number of ether oxygens (including phenoxy) is 1. The van der Waals surface area contributed by atoms with Gasteiger partial charge >= 0.3 is 5.97 Å². The van der Waals surface area contributed by atoms with E-state index in [1.807, 2.05) is 0 Å². The molecule has 2 saturated heterocycles. The number of fused-ring (bicyclic) bond motifs is 1. The maximum atomic E-state index is 14.6. The number of quaternary nitrogens is 1. The van der Waals surface area contributed by atoms with Crippen LogP contribution in [0, 0.1) is 17.7 Å². The first-order chi connectivity index (χ1) is 13.9. The zero-order valence-electron chi connectivity index (χ0n) is 16.2. The van der Waals surface area contributed by atoms with Crippen LogP contribution in [-0.4, -0.2) is 29.9 Å². The van der Waals surface area contributed by atoms with E-state index < -0.39 is 47.0 Å². The number of carbonyl (C=O) groups excluding carboxylic acids is 3. The van der Waals surface area contributed by atoms with Crippen molar-refractivity contribution in [3.05, 3.63) is 66.0 Å². The topological polar surface area (TPSA) is 80.3 Å². The van der Waals surface area contributed by atoms with Crippen molar-refractivity contribution >= 4 is 23.5 Å². The molecule has 0 aliphatic carbocycles. The Morgan fingerprint density at radius 2 is 1.76 bits per heavy atom. The van der Waals surface area contributed by atoms with Gasteiger partial charge in [-0.3, -0.25) is 9.59 Å². The number of carbonyl (C=O) groups is 3. The lowest BCUT2D eigenvalue weighted by Crippen LogP contribution is -2.97. The van der Waals surface area contributed by atoms with E-state index >= 15 is 0 Å². The molecule has 0 radical (unpaired) electrons. The lowest BCUT2D eigenvalue weighted by molar-refractivity contribution is -0.731. The third kappa shape index (κ3) is 2.84. The third-order valence-corrected chi connectivity index (χ3v) is 5.90. The van der Waals surface area contributed by atoms with Gasteiger partial charge in [0.1, 0.15) is 23.7 Å². The molecule has 150 valence electrons. The first-order valence-electron chi connectivity index (χ1n) is 9.60. The molecule has 2 heterocycles. The molecule has 6 nitrogen and oxygen atoms in total. The predicted octanol–water partition coefficient (Wildman–Crippen LogP) is 1.57.